The Kier molecular flexibility index (Phi) is 3.05. The fourth-order valence-corrected chi connectivity index (χ4v) is 2.59. The third-order valence-corrected chi connectivity index (χ3v) is 3.65. The molecule has 4 nitrogen and oxygen atoms in total. The highest BCUT2D eigenvalue weighted by atomic mass is 15.3. The monoisotopic (exact) mass is 286 g/mol. The number of aromatic nitrogens is 4. The quantitative estimate of drug-likeness (QED) is 0.446. The van der Waals surface area contributed by atoms with Gasteiger partial charge in [-0.2, -0.15) is 0 Å². The number of fused-ring (bicyclic) bond motifs is 4. The maximum Gasteiger partial charge on any atom is 0.112 e. The Labute approximate surface area is 126 Å². The van der Waals surface area contributed by atoms with E-state index in [4.69, 9.17) is 0 Å². The molecule has 0 aliphatic heterocycles. The normalized spacial score (nSPS) is 10.7. The first-order valence-electron chi connectivity index (χ1n) is 7.13. The van der Waals surface area contributed by atoms with Crippen LogP contribution in [-0.4, -0.2) is 20.4 Å². The lowest BCUT2D eigenvalue weighted by Crippen LogP contribution is -1.63. The van der Waals surface area contributed by atoms with Gasteiger partial charge in [0.05, 0.1) is 5.52 Å². The maximum absolute atomic E-state index is 3.81. The largest absolute Gasteiger partial charge is 0.355 e. The van der Waals surface area contributed by atoms with Crippen LogP contribution in [-0.2, 0) is 0 Å². The van der Waals surface area contributed by atoms with Crippen LogP contribution in [0.4, 0.5) is 0 Å². The fraction of sp³-hybridized carbons (Fsp3) is 0. The van der Waals surface area contributed by atoms with Crippen molar-refractivity contribution in [3.05, 3.63) is 72.8 Å². The van der Waals surface area contributed by atoms with Gasteiger partial charge in [-0.1, -0.05) is 53.7 Å². The van der Waals surface area contributed by atoms with Gasteiger partial charge in [0.1, 0.15) is 5.52 Å². The highest BCUT2D eigenvalue weighted by Crippen LogP contribution is 2.24. The van der Waals surface area contributed by atoms with Crippen LogP contribution in [0.5, 0.6) is 0 Å². The van der Waals surface area contributed by atoms with Gasteiger partial charge in [0.2, 0.25) is 0 Å². The molecule has 0 saturated heterocycles. The molecule has 106 valence electrons. The molecule has 0 spiro atoms. The van der Waals surface area contributed by atoms with Gasteiger partial charge in [0.25, 0.3) is 0 Å². The molecule has 0 aliphatic rings. The lowest BCUT2D eigenvalue weighted by Gasteiger charge is -1.87. The second kappa shape index (κ2) is 5.33. The van der Waals surface area contributed by atoms with E-state index in [-0.39, 0.29) is 0 Å². The predicted molar refractivity (Wildman–Crippen MR) is 89.7 cm³/mol. The van der Waals surface area contributed by atoms with Crippen molar-refractivity contribution < 1.29 is 0 Å². The maximum atomic E-state index is 3.81. The van der Waals surface area contributed by atoms with Crippen molar-refractivity contribution in [3.63, 3.8) is 0 Å². The summed E-state index contributed by atoms with van der Waals surface area (Å²) in [6, 6.07) is 24.5. The van der Waals surface area contributed by atoms with E-state index in [1.165, 1.54) is 21.8 Å². The van der Waals surface area contributed by atoms with Crippen LogP contribution >= 0.6 is 0 Å². The third-order valence-electron chi connectivity index (χ3n) is 3.65. The van der Waals surface area contributed by atoms with E-state index in [1.807, 2.05) is 24.3 Å². The molecule has 2 N–H and O–H groups in total. The summed E-state index contributed by atoms with van der Waals surface area (Å²) in [5, 5.41) is 12.8. The summed E-state index contributed by atoms with van der Waals surface area (Å²) in [6.45, 7) is 0. The van der Waals surface area contributed by atoms with E-state index in [1.54, 1.807) is 0 Å². The molecule has 0 unspecified atom stereocenters. The molecule has 5 rings (SSSR count). The van der Waals surface area contributed by atoms with Gasteiger partial charge < -0.3 is 4.98 Å². The van der Waals surface area contributed by atoms with Gasteiger partial charge >= 0.3 is 0 Å². The van der Waals surface area contributed by atoms with Crippen molar-refractivity contribution in [3.8, 4) is 0 Å². The molecule has 2 aromatic heterocycles. The van der Waals surface area contributed by atoms with Crippen LogP contribution in [0.3, 0.4) is 0 Å². The SMILES string of the molecule is c1ccc2[nH]nnc2c1.c1ccc2c(c1)[nH]c1ccccc12. The summed E-state index contributed by atoms with van der Waals surface area (Å²) in [5.41, 5.74) is 4.32. The van der Waals surface area contributed by atoms with Crippen molar-refractivity contribution in [2.75, 3.05) is 0 Å². The highest BCUT2D eigenvalue weighted by molar-refractivity contribution is 6.06. The van der Waals surface area contributed by atoms with Crippen LogP contribution in [0, 0.1) is 0 Å². The summed E-state index contributed by atoms with van der Waals surface area (Å²) in [7, 11) is 0. The second-order valence-electron chi connectivity index (χ2n) is 5.05. The molecule has 0 fully saturated rings. The first-order chi connectivity index (χ1) is 10.9. The molecule has 22 heavy (non-hydrogen) atoms. The van der Waals surface area contributed by atoms with Gasteiger partial charge in [0.15, 0.2) is 0 Å². The molecule has 0 saturated carbocycles. The third kappa shape index (κ3) is 2.20. The zero-order chi connectivity index (χ0) is 14.8. The number of para-hydroxylation sites is 3. The van der Waals surface area contributed by atoms with Gasteiger partial charge in [0, 0.05) is 21.8 Å². The zero-order valence-corrected chi connectivity index (χ0v) is 11.8. The Balaban J connectivity index is 0.000000122. The minimum atomic E-state index is 0.914. The molecule has 0 bridgehead atoms. The summed E-state index contributed by atoms with van der Waals surface area (Å²) in [6.07, 6.45) is 0. The van der Waals surface area contributed by atoms with E-state index in [2.05, 4.69) is 68.9 Å². The number of nitrogens with one attached hydrogen (secondary N) is 2. The average Bonchev–Trinajstić information content (AvgIpc) is 3.19. The van der Waals surface area contributed by atoms with Crippen molar-refractivity contribution in [2.24, 2.45) is 0 Å². The Morgan fingerprint density at radius 2 is 1.14 bits per heavy atom. The molecular weight excluding hydrogens is 272 g/mol. The highest BCUT2D eigenvalue weighted by Gasteiger charge is 2.00. The van der Waals surface area contributed by atoms with Gasteiger partial charge in [-0.3, -0.25) is 5.10 Å². The first kappa shape index (κ1) is 12.6. The number of benzene rings is 3. The molecular formula is C18H14N4. The Morgan fingerprint density at radius 3 is 1.77 bits per heavy atom. The second-order valence-corrected chi connectivity index (χ2v) is 5.05. The van der Waals surface area contributed by atoms with Gasteiger partial charge in [-0.25, -0.2) is 0 Å². The number of rotatable bonds is 0. The number of nitrogens with zero attached hydrogens (tertiary/aromatic N) is 2. The van der Waals surface area contributed by atoms with E-state index in [9.17, 15) is 0 Å². The van der Waals surface area contributed by atoms with Crippen LogP contribution in [0.25, 0.3) is 32.8 Å². The summed E-state index contributed by atoms with van der Waals surface area (Å²) in [5.74, 6) is 0. The smallest absolute Gasteiger partial charge is 0.112 e. The predicted octanol–water partition coefficient (Wildman–Crippen LogP) is 4.28. The standard InChI is InChI=1S/C12H9N.C6H5N3/c1-3-7-11-9(5-1)10-6-2-4-8-12(10)13-11;1-2-4-6-5(3-1)7-9-8-6/h1-8,13H;1-4H,(H,7,8,9). The number of H-pyrrole nitrogens is 2. The van der Waals surface area contributed by atoms with Crippen molar-refractivity contribution in [1.29, 1.82) is 0 Å². The number of hydrogen-bond donors (Lipinski definition) is 2. The van der Waals surface area contributed by atoms with Crippen molar-refractivity contribution >= 4 is 32.8 Å². The molecule has 5 aromatic rings. The van der Waals surface area contributed by atoms with Gasteiger partial charge in [-0.15, -0.1) is 5.10 Å². The van der Waals surface area contributed by atoms with Crippen LogP contribution in [0.15, 0.2) is 72.8 Å². The van der Waals surface area contributed by atoms with Crippen LogP contribution in [0.2, 0.25) is 0 Å². The van der Waals surface area contributed by atoms with E-state index < -0.39 is 0 Å². The molecule has 3 aromatic carbocycles. The lowest BCUT2D eigenvalue weighted by atomic mass is 10.2. The van der Waals surface area contributed by atoms with Gasteiger partial charge in [-0.05, 0) is 24.3 Å². The summed E-state index contributed by atoms with van der Waals surface area (Å²) >= 11 is 0. The minimum Gasteiger partial charge on any atom is -0.355 e. The lowest BCUT2D eigenvalue weighted by molar-refractivity contribution is 0.959. The summed E-state index contributed by atoms with van der Waals surface area (Å²) < 4.78 is 0. The average molecular weight is 286 g/mol. The Morgan fingerprint density at radius 1 is 0.591 bits per heavy atom. The molecule has 0 amide bonds. The molecule has 2 heterocycles. The van der Waals surface area contributed by atoms with E-state index in [0.29, 0.717) is 0 Å². The number of aromatic amines is 2. The van der Waals surface area contributed by atoms with Crippen molar-refractivity contribution in [1.82, 2.24) is 20.4 Å². The fourth-order valence-electron chi connectivity index (χ4n) is 2.59. The topological polar surface area (TPSA) is 57.4 Å². The molecule has 0 atom stereocenters. The van der Waals surface area contributed by atoms with E-state index in [0.717, 1.165) is 11.0 Å². The zero-order valence-electron chi connectivity index (χ0n) is 11.8. The first-order valence-corrected chi connectivity index (χ1v) is 7.13. The summed E-state index contributed by atoms with van der Waals surface area (Å²) in [4.78, 5) is 3.38. The van der Waals surface area contributed by atoms with E-state index >= 15 is 0 Å². The Hall–Kier alpha value is -3.14. The molecule has 0 aliphatic carbocycles. The Bertz CT molecular complexity index is 962. The molecule has 4 heteroatoms. The number of hydrogen-bond acceptors (Lipinski definition) is 2. The van der Waals surface area contributed by atoms with Crippen LogP contribution in [0.1, 0.15) is 0 Å². The van der Waals surface area contributed by atoms with Crippen molar-refractivity contribution in [2.45, 2.75) is 0 Å². The molecule has 0 radical (unpaired) electrons. The minimum absolute atomic E-state index is 0.914. The van der Waals surface area contributed by atoms with Crippen LogP contribution < -0.4 is 0 Å².